The van der Waals surface area contributed by atoms with Gasteiger partial charge in [-0.1, -0.05) is 15.9 Å². The Morgan fingerprint density at radius 2 is 2.25 bits per heavy atom. The van der Waals surface area contributed by atoms with Crippen molar-refractivity contribution in [1.82, 2.24) is 4.90 Å². The van der Waals surface area contributed by atoms with Crippen molar-refractivity contribution < 1.29 is 14.6 Å². The maximum absolute atomic E-state index is 12.1. The van der Waals surface area contributed by atoms with Crippen LogP contribution >= 0.6 is 15.9 Å². The van der Waals surface area contributed by atoms with Crippen molar-refractivity contribution in [2.45, 2.75) is 32.5 Å². The van der Waals surface area contributed by atoms with Crippen LogP contribution in [0.25, 0.3) is 0 Å². The standard InChI is InChI=1S/C14H19BrN2O3/c1-9(2)20-13-6-10(15)5-11(7-13)16-14(19)17-4-3-12(18)8-17/h5-7,9,12,18H,3-4,8H2,1-2H3,(H,16,19). The molecule has 1 saturated heterocycles. The highest BCUT2D eigenvalue weighted by molar-refractivity contribution is 9.10. The number of rotatable bonds is 3. The third kappa shape index (κ3) is 4.11. The molecule has 0 aromatic heterocycles. The first-order chi connectivity index (χ1) is 9.44. The van der Waals surface area contributed by atoms with Crippen molar-refractivity contribution in [2.24, 2.45) is 0 Å². The Balaban J connectivity index is 2.05. The van der Waals surface area contributed by atoms with Gasteiger partial charge in [0.1, 0.15) is 5.75 Å². The second-order valence-electron chi connectivity index (χ2n) is 5.16. The van der Waals surface area contributed by atoms with E-state index >= 15 is 0 Å². The average molecular weight is 343 g/mol. The molecule has 2 amide bonds. The SMILES string of the molecule is CC(C)Oc1cc(Br)cc(NC(=O)N2CCC(O)C2)c1. The number of ether oxygens (including phenoxy) is 1. The molecule has 1 aromatic carbocycles. The Kier molecular flexibility index (Phi) is 4.88. The van der Waals surface area contributed by atoms with E-state index in [-0.39, 0.29) is 12.1 Å². The molecule has 20 heavy (non-hydrogen) atoms. The van der Waals surface area contributed by atoms with E-state index in [1.807, 2.05) is 26.0 Å². The summed E-state index contributed by atoms with van der Waals surface area (Å²) >= 11 is 3.40. The Morgan fingerprint density at radius 1 is 1.50 bits per heavy atom. The number of carbonyl (C=O) groups excluding carboxylic acids is 1. The number of β-amino-alcohol motifs (C(OH)–C–C–N with tert-alkyl or cyclic N) is 1. The fraction of sp³-hybridized carbons (Fsp3) is 0.500. The van der Waals surface area contributed by atoms with Crippen LogP contribution in [0.1, 0.15) is 20.3 Å². The van der Waals surface area contributed by atoms with Crippen LogP contribution in [-0.4, -0.2) is 41.3 Å². The van der Waals surface area contributed by atoms with Gasteiger partial charge in [-0.15, -0.1) is 0 Å². The van der Waals surface area contributed by atoms with Crippen LogP contribution in [-0.2, 0) is 0 Å². The molecule has 0 saturated carbocycles. The predicted octanol–water partition coefficient (Wildman–Crippen LogP) is 2.83. The van der Waals surface area contributed by atoms with Crippen molar-refractivity contribution in [1.29, 1.82) is 0 Å². The normalized spacial score (nSPS) is 18.4. The number of benzene rings is 1. The lowest BCUT2D eigenvalue weighted by Gasteiger charge is -2.17. The number of urea groups is 1. The number of aliphatic hydroxyl groups excluding tert-OH is 1. The van der Waals surface area contributed by atoms with Crippen LogP contribution in [0.2, 0.25) is 0 Å². The molecule has 1 aromatic rings. The highest BCUT2D eigenvalue weighted by atomic mass is 79.9. The van der Waals surface area contributed by atoms with Gasteiger partial charge in [-0.3, -0.25) is 0 Å². The summed E-state index contributed by atoms with van der Waals surface area (Å²) in [7, 11) is 0. The molecule has 0 spiro atoms. The predicted molar refractivity (Wildman–Crippen MR) is 81.1 cm³/mol. The van der Waals surface area contributed by atoms with Gasteiger partial charge in [0.15, 0.2) is 0 Å². The van der Waals surface area contributed by atoms with Crippen molar-refractivity contribution in [3.63, 3.8) is 0 Å². The van der Waals surface area contributed by atoms with Gasteiger partial charge in [-0.2, -0.15) is 0 Å². The molecule has 2 rings (SSSR count). The molecule has 2 N–H and O–H groups in total. The summed E-state index contributed by atoms with van der Waals surface area (Å²) in [5.74, 6) is 0.700. The van der Waals surface area contributed by atoms with E-state index in [2.05, 4.69) is 21.2 Å². The molecule has 5 nitrogen and oxygen atoms in total. The Hall–Kier alpha value is -1.27. The van der Waals surface area contributed by atoms with Gasteiger partial charge in [-0.05, 0) is 32.4 Å². The zero-order valence-corrected chi connectivity index (χ0v) is 13.2. The first-order valence-electron chi connectivity index (χ1n) is 6.65. The van der Waals surface area contributed by atoms with E-state index in [1.165, 1.54) is 0 Å². The number of anilines is 1. The summed E-state index contributed by atoms with van der Waals surface area (Å²) in [5, 5.41) is 12.3. The van der Waals surface area contributed by atoms with Gasteiger partial charge in [0.2, 0.25) is 0 Å². The van der Waals surface area contributed by atoms with Crippen LogP contribution in [0.15, 0.2) is 22.7 Å². The van der Waals surface area contributed by atoms with Crippen molar-refractivity contribution in [3.8, 4) is 5.75 Å². The summed E-state index contributed by atoms with van der Waals surface area (Å²) in [6, 6.07) is 5.26. The molecule has 1 fully saturated rings. The first kappa shape index (κ1) is 15.1. The van der Waals surface area contributed by atoms with Crippen LogP contribution in [0.3, 0.4) is 0 Å². The van der Waals surface area contributed by atoms with Crippen molar-refractivity contribution >= 4 is 27.6 Å². The minimum Gasteiger partial charge on any atom is -0.491 e. The number of aliphatic hydroxyl groups is 1. The average Bonchev–Trinajstić information content (AvgIpc) is 2.74. The Bertz CT molecular complexity index is 493. The fourth-order valence-electron chi connectivity index (χ4n) is 2.10. The number of amides is 2. The molecule has 0 radical (unpaired) electrons. The lowest BCUT2D eigenvalue weighted by atomic mass is 10.3. The van der Waals surface area contributed by atoms with Crippen LogP contribution < -0.4 is 10.1 Å². The number of halogens is 1. The summed E-state index contributed by atoms with van der Waals surface area (Å²) in [4.78, 5) is 13.7. The van der Waals surface area contributed by atoms with E-state index in [1.54, 1.807) is 11.0 Å². The lowest BCUT2D eigenvalue weighted by molar-refractivity contribution is 0.176. The topological polar surface area (TPSA) is 61.8 Å². The van der Waals surface area contributed by atoms with E-state index in [0.29, 0.717) is 30.9 Å². The Morgan fingerprint density at radius 3 is 2.85 bits per heavy atom. The van der Waals surface area contributed by atoms with E-state index in [0.717, 1.165) is 4.47 Å². The molecular weight excluding hydrogens is 324 g/mol. The summed E-state index contributed by atoms with van der Waals surface area (Å²) in [6.07, 6.45) is 0.290. The molecule has 6 heteroatoms. The van der Waals surface area contributed by atoms with Crippen molar-refractivity contribution in [2.75, 3.05) is 18.4 Å². The van der Waals surface area contributed by atoms with Gasteiger partial charge in [-0.25, -0.2) is 4.79 Å². The van der Waals surface area contributed by atoms with Gasteiger partial charge in [0.25, 0.3) is 0 Å². The molecule has 1 aliphatic heterocycles. The van der Waals surface area contributed by atoms with E-state index in [4.69, 9.17) is 4.74 Å². The van der Waals surface area contributed by atoms with Crippen molar-refractivity contribution in [3.05, 3.63) is 22.7 Å². The van der Waals surface area contributed by atoms with E-state index < -0.39 is 6.10 Å². The summed E-state index contributed by atoms with van der Waals surface area (Å²) in [6.45, 7) is 4.86. The van der Waals surface area contributed by atoms with Gasteiger partial charge in [0, 0.05) is 29.3 Å². The molecule has 1 heterocycles. The van der Waals surface area contributed by atoms with E-state index in [9.17, 15) is 9.90 Å². The number of likely N-dealkylation sites (tertiary alicyclic amines) is 1. The molecule has 1 unspecified atom stereocenters. The number of hydrogen-bond donors (Lipinski definition) is 2. The fourth-order valence-corrected chi connectivity index (χ4v) is 2.58. The summed E-state index contributed by atoms with van der Waals surface area (Å²) in [5.41, 5.74) is 0.668. The number of nitrogens with zero attached hydrogens (tertiary/aromatic N) is 1. The number of carbonyl (C=O) groups is 1. The van der Waals surface area contributed by atoms with Crippen LogP contribution in [0.5, 0.6) is 5.75 Å². The number of hydrogen-bond acceptors (Lipinski definition) is 3. The molecule has 1 aliphatic rings. The molecular formula is C14H19BrN2O3. The molecule has 110 valence electrons. The lowest BCUT2D eigenvalue weighted by Crippen LogP contribution is -2.33. The monoisotopic (exact) mass is 342 g/mol. The Labute approximate surface area is 127 Å². The minimum atomic E-state index is -0.414. The van der Waals surface area contributed by atoms with Crippen LogP contribution in [0, 0.1) is 0 Å². The van der Waals surface area contributed by atoms with Gasteiger partial charge >= 0.3 is 6.03 Å². The third-order valence-electron chi connectivity index (χ3n) is 2.94. The molecule has 0 aliphatic carbocycles. The largest absolute Gasteiger partial charge is 0.491 e. The van der Waals surface area contributed by atoms with Crippen LogP contribution in [0.4, 0.5) is 10.5 Å². The smallest absolute Gasteiger partial charge is 0.321 e. The highest BCUT2D eigenvalue weighted by Gasteiger charge is 2.24. The zero-order valence-electron chi connectivity index (χ0n) is 11.6. The number of nitrogens with one attached hydrogen (secondary N) is 1. The summed E-state index contributed by atoms with van der Waals surface area (Å²) < 4.78 is 6.47. The molecule has 1 atom stereocenters. The maximum Gasteiger partial charge on any atom is 0.321 e. The quantitative estimate of drug-likeness (QED) is 0.887. The van der Waals surface area contributed by atoms with Gasteiger partial charge < -0.3 is 20.1 Å². The molecule has 0 bridgehead atoms. The first-order valence-corrected chi connectivity index (χ1v) is 7.44. The second-order valence-corrected chi connectivity index (χ2v) is 6.08. The highest BCUT2D eigenvalue weighted by Crippen LogP contribution is 2.26. The minimum absolute atomic E-state index is 0.0709. The maximum atomic E-state index is 12.1. The third-order valence-corrected chi connectivity index (χ3v) is 3.40. The zero-order chi connectivity index (χ0) is 14.7. The van der Waals surface area contributed by atoms with Gasteiger partial charge in [0.05, 0.1) is 12.2 Å². The second kappa shape index (κ2) is 6.45.